The van der Waals surface area contributed by atoms with Crippen LogP contribution in [-0.2, 0) is 30.3 Å². The maximum Gasteiger partial charge on any atom is 0.309 e. The Morgan fingerprint density at radius 1 is 1.29 bits per heavy atom. The van der Waals surface area contributed by atoms with E-state index in [4.69, 9.17) is 4.74 Å². The van der Waals surface area contributed by atoms with Crippen LogP contribution < -0.4 is 5.32 Å². The second kappa shape index (κ2) is 10.4. The highest BCUT2D eigenvalue weighted by Gasteiger charge is 2.16. The maximum atomic E-state index is 13.1. The maximum absolute atomic E-state index is 13.1. The SMILES string of the molecule is COC(=O)CCCNC(=O)COC(=O)C(C)Cc1cccc(F)c1. The van der Waals surface area contributed by atoms with Crippen LogP contribution in [0.4, 0.5) is 4.39 Å². The molecule has 0 bridgehead atoms. The van der Waals surface area contributed by atoms with Crippen molar-refractivity contribution in [3.05, 3.63) is 35.6 Å². The molecule has 1 aromatic rings. The number of hydrogen-bond acceptors (Lipinski definition) is 5. The first-order chi connectivity index (χ1) is 11.4. The van der Waals surface area contributed by atoms with Crippen molar-refractivity contribution in [2.24, 2.45) is 5.92 Å². The Morgan fingerprint density at radius 3 is 2.71 bits per heavy atom. The van der Waals surface area contributed by atoms with Crippen molar-refractivity contribution >= 4 is 17.8 Å². The van der Waals surface area contributed by atoms with E-state index in [0.29, 0.717) is 24.9 Å². The fourth-order valence-corrected chi connectivity index (χ4v) is 1.99. The van der Waals surface area contributed by atoms with Gasteiger partial charge in [-0.3, -0.25) is 14.4 Å². The molecule has 0 aliphatic heterocycles. The highest BCUT2D eigenvalue weighted by Crippen LogP contribution is 2.11. The number of benzene rings is 1. The van der Waals surface area contributed by atoms with Crippen molar-refractivity contribution in [3.63, 3.8) is 0 Å². The van der Waals surface area contributed by atoms with Gasteiger partial charge in [-0.2, -0.15) is 0 Å². The van der Waals surface area contributed by atoms with Gasteiger partial charge in [0.15, 0.2) is 6.61 Å². The van der Waals surface area contributed by atoms with Gasteiger partial charge in [0, 0.05) is 13.0 Å². The Morgan fingerprint density at radius 2 is 2.04 bits per heavy atom. The Kier molecular flexibility index (Phi) is 8.46. The van der Waals surface area contributed by atoms with Crippen molar-refractivity contribution in [2.45, 2.75) is 26.2 Å². The first kappa shape index (κ1) is 19.6. The number of esters is 2. The van der Waals surface area contributed by atoms with Crippen LogP contribution in [0.2, 0.25) is 0 Å². The minimum atomic E-state index is -0.524. The molecule has 132 valence electrons. The van der Waals surface area contributed by atoms with Gasteiger partial charge >= 0.3 is 11.9 Å². The fourth-order valence-electron chi connectivity index (χ4n) is 1.99. The zero-order valence-electron chi connectivity index (χ0n) is 13.8. The Labute approximate surface area is 140 Å². The van der Waals surface area contributed by atoms with Gasteiger partial charge in [0.05, 0.1) is 13.0 Å². The van der Waals surface area contributed by atoms with E-state index in [0.717, 1.165) is 0 Å². The zero-order chi connectivity index (χ0) is 17.9. The van der Waals surface area contributed by atoms with E-state index in [-0.39, 0.29) is 24.8 Å². The van der Waals surface area contributed by atoms with Crippen LogP contribution in [0.15, 0.2) is 24.3 Å². The van der Waals surface area contributed by atoms with E-state index in [1.165, 1.54) is 19.2 Å². The summed E-state index contributed by atoms with van der Waals surface area (Å²) in [6.07, 6.45) is 0.987. The van der Waals surface area contributed by atoms with Crippen molar-refractivity contribution in [1.29, 1.82) is 0 Å². The smallest absolute Gasteiger partial charge is 0.309 e. The number of carbonyl (C=O) groups is 3. The summed E-state index contributed by atoms with van der Waals surface area (Å²) in [4.78, 5) is 34.3. The monoisotopic (exact) mass is 339 g/mol. The zero-order valence-corrected chi connectivity index (χ0v) is 13.8. The summed E-state index contributed by atoms with van der Waals surface area (Å²) in [5.74, 6) is -2.16. The Balaban J connectivity index is 2.24. The van der Waals surface area contributed by atoms with Gasteiger partial charge in [-0.15, -0.1) is 0 Å². The summed E-state index contributed by atoms with van der Waals surface area (Å²) in [7, 11) is 1.30. The molecule has 1 rings (SSSR count). The molecule has 7 heteroatoms. The normalized spacial score (nSPS) is 11.5. The van der Waals surface area contributed by atoms with Crippen molar-refractivity contribution in [3.8, 4) is 0 Å². The molecular weight excluding hydrogens is 317 g/mol. The molecule has 0 aliphatic rings. The summed E-state index contributed by atoms with van der Waals surface area (Å²) >= 11 is 0. The standard InChI is InChI=1S/C17H22FNO5/c1-12(9-13-5-3-6-14(18)10-13)17(22)24-11-15(20)19-8-4-7-16(21)23-2/h3,5-6,10,12H,4,7-9,11H2,1-2H3,(H,19,20). The molecule has 0 aromatic heterocycles. The molecule has 6 nitrogen and oxygen atoms in total. The summed E-state index contributed by atoms with van der Waals surface area (Å²) < 4.78 is 22.5. The molecule has 0 aliphatic carbocycles. The number of nitrogens with one attached hydrogen (secondary N) is 1. The van der Waals surface area contributed by atoms with E-state index >= 15 is 0 Å². The van der Waals surface area contributed by atoms with Gasteiger partial charge < -0.3 is 14.8 Å². The lowest BCUT2D eigenvalue weighted by molar-refractivity contribution is -0.152. The van der Waals surface area contributed by atoms with E-state index < -0.39 is 17.8 Å². The molecule has 1 unspecified atom stereocenters. The number of methoxy groups -OCH3 is 1. The van der Waals surface area contributed by atoms with E-state index in [2.05, 4.69) is 10.1 Å². The predicted molar refractivity (Wildman–Crippen MR) is 84.5 cm³/mol. The average Bonchev–Trinajstić information content (AvgIpc) is 2.56. The third-order valence-electron chi connectivity index (χ3n) is 3.29. The molecule has 1 N–H and O–H groups in total. The highest BCUT2D eigenvalue weighted by molar-refractivity contribution is 5.81. The van der Waals surface area contributed by atoms with Crippen LogP contribution in [-0.4, -0.2) is 38.1 Å². The third-order valence-corrected chi connectivity index (χ3v) is 3.29. The number of amides is 1. The van der Waals surface area contributed by atoms with Crippen LogP contribution >= 0.6 is 0 Å². The van der Waals surface area contributed by atoms with Gasteiger partial charge in [-0.1, -0.05) is 19.1 Å². The minimum Gasteiger partial charge on any atom is -0.469 e. The topological polar surface area (TPSA) is 81.7 Å². The molecule has 0 radical (unpaired) electrons. The number of hydrogen-bond donors (Lipinski definition) is 1. The van der Waals surface area contributed by atoms with Gasteiger partial charge in [0.2, 0.25) is 0 Å². The number of halogens is 1. The quantitative estimate of drug-likeness (QED) is 0.546. The molecule has 0 saturated carbocycles. The Bertz CT molecular complexity index is 576. The lowest BCUT2D eigenvalue weighted by Crippen LogP contribution is -2.31. The van der Waals surface area contributed by atoms with Gasteiger partial charge in [-0.25, -0.2) is 4.39 Å². The van der Waals surface area contributed by atoms with Gasteiger partial charge in [-0.05, 0) is 30.5 Å². The molecule has 1 amide bonds. The fraction of sp³-hybridized carbons (Fsp3) is 0.471. The van der Waals surface area contributed by atoms with E-state index in [1.54, 1.807) is 19.1 Å². The van der Waals surface area contributed by atoms with Crippen LogP contribution in [0.25, 0.3) is 0 Å². The second-order valence-electron chi connectivity index (χ2n) is 5.37. The van der Waals surface area contributed by atoms with Crippen LogP contribution in [0.5, 0.6) is 0 Å². The first-order valence-electron chi connectivity index (χ1n) is 7.67. The number of carbonyl (C=O) groups excluding carboxylic acids is 3. The number of rotatable bonds is 9. The molecule has 0 heterocycles. The molecular formula is C17H22FNO5. The average molecular weight is 339 g/mol. The molecule has 1 atom stereocenters. The largest absolute Gasteiger partial charge is 0.469 e. The van der Waals surface area contributed by atoms with Crippen molar-refractivity contribution < 1.29 is 28.2 Å². The minimum absolute atomic E-state index is 0.210. The molecule has 24 heavy (non-hydrogen) atoms. The predicted octanol–water partition coefficient (Wildman–Crippen LogP) is 1.62. The highest BCUT2D eigenvalue weighted by atomic mass is 19.1. The summed E-state index contributed by atoms with van der Waals surface area (Å²) in [5, 5.41) is 2.54. The number of ether oxygens (including phenoxy) is 2. The summed E-state index contributed by atoms with van der Waals surface area (Å²) in [5.41, 5.74) is 0.687. The lowest BCUT2D eigenvalue weighted by Gasteiger charge is -2.11. The molecule has 0 saturated heterocycles. The molecule has 1 aromatic carbocycles. The lowest BCUT2D eigenvalue weighted by atomic mass is 10.0. The van der Waals surface area contributed by atoms with Crippen molar-refractivity contribution in [2.75, 3.05) is 20.3 Å². The van der Waals surface area contributed by atoms with Crippen LogP contribution in [0.3, 0.4) is 0 Å². The summed E-state index contributed by atoms with van der Waals surface area (Å²) in [6.45, 7) is 1.57. The van der Waals surface area contributed by atoms with E-state index in [1.807, 2.05) is 0 Å². The third kappa shape index (κ3) is 7.71. The van der Waals surface area contributed by atoms with Gasteiger partial charge in [0.25, 0.3) is 5.91 Å². The Hall–Kier alpha value is -2.44. The second-order valence-corrected chi connectivity index (χ2v) is 5.37. The van der Waals surface area contributed by atoms with Crippen LogP contribution in [0, 0.1) is 11.7 Å². The molecule has 0 fully saturated rings. The first-order valence-corrected chi connectivity index (χ1v) is 7.67. The van der Waals surface area contributed by atoms with Gasteiger partial charge in [0.1, 0.15) is 5.82 Å². The summed E-state index contributed by atoms with van der Waals surface area (Å²) in [6, 6.07) is 5.99. The molecule has 0 spiro atoms. The van der Waals surface area contributed by atoms with E-state index in [9.17, 15) is 18.8 Å². The van der Waals surface area contributed by atoms with Crippen LogP contribution in [0.1, 0.15) is 25.3 Å². The van der Waals surface area contributed by atoms with Crippen molar-refractivity contribution in [1.82, 2.24) is 5.32 Å².